The number of hydrogen-bond donors (Lipinski definition) is 1. The van der Waals surface area contributed by atoms with Crippen molar-refractivity contribution in [3.63, 3.8) is 0 Å². The van der Waals surface area contributed by atoms with E-state index in [1.807, 2.05) is 46.4 Å². The van der Waals surface area contributed by atoms with Gasteiger partial charge < -0.3 is 19.5 Å². The number of aromatic amines is 1. The molecule has 0 atom stereocenters. The van der Waals surface area contributed by atoms with Crippen LogP contribution < -0.4 is 10.5 Å². The first-order valence-corrected chi connectivity index (χ1v) is 10.5. The standard InChI is InChI=1S/C17H24BrN5O3.C2H6/c1-5-11-13(14(24)23-10-12(18)20-15(23)19-11)21-6-8-22(9-7-21)16(25)26-17(2,3)4;1-2/h10H,5-9H2,1-4H3,(H,19,20);1-2H3. The van der Waals surface area contributed by atoms with Crippen LogP contribution in [0.3, 0.4) is 0 Å². The van der Waals surface area contributed by atoms with Crippen LogP contribution in [0.15, 0.2) is 15.6 Å². The maximum absolute atomic E-state index is 13.0. The number of aryl methyl sites for hydroxylation is 1. The maximum Gasteiger partial charge on any atom is 0.410 e. The second-order valence-electron chi connectivity index (χ2n) is 7.32. The van der Waals surface area contributed by atoms with Gasteiger partial charge in [-0.1, -0.05) is 20.8 Å². The van der Waals surface area contributed by atoms with Crippen molar-refractivity contribution in [3.05, 3.63) is 26.8 Å². The highest BCUT2D eigenvalue weighted by Gasteiger charge is 2.28. The summed E-state index contributed by atoms with van der Waals surface area (Å²) in [6.45, 7) is 13.7. The summed E-state index contributed by atoms with van der Waals surface area (Å²) in [6.07, 6.45) is 2.03. The molecule has 0 aromatic carbocycles. The van der Waals surface area contributed by atoms with Gasteiger partial charge in [0.1, 0.15) is 15.9 Å². The van der Waals surface area contributed by atoms with Crippen molar-refractivity contribution >= 4 is 33.5 Å². The molecule has 1 amide bonds. The van der Waals surface area contributed by atoms with Gasteiger partial charge in [-0.3, -0.25) is 4.79 Å². The minimum absolute atomic E-state index is 0.0977. The van der Waals surface area contributed by atoms with Crippen LogP contribution in [-0.2, 0) is 11.2 Å². The largest absolute Gasteiger partial charge is 0.444 e. The number of fused-ring (bicyclic) bond motifs is 1. The van der Waals surface area contributed by atoms with Gasteiger partial charge in [0, 0.05) is 32.4 Å². The van der Waals surface area contributed by atoms with Crippen LogP contribution in [0.25, 0.3) is 5.78 Å². The van der Waals surface area contributed by atoms with Gasteiger partial charge in [0.15, 0.2) is 0 Å². The predicted octanol–water partition coefficient (Wildman–Crippen LogP) is 3.43. The fourth-order valence-corrected chi connectivity index (χ4v) is 3.41. The zero-order valence-electron chi connectivity index (χ0n) is 17.5. The molecule has 3 rings (SSSR count). The summed E-state index contributed by atoms with van der Waals surface area (Å²) in [5.41, 5.74) is 0.758. The Bertz CT molecular complexity index is 876. The molecule has 0 unspecified atom stereocenters. The van der Waals surface area contributed by atoms with Crippen molar-refractivity contribution in [1.82, 2.24) is 19.3 Å². The second-order valence-corrected chi connectivity index (χ2v) is 8.17. The van der Waals surface area contributed by atoms with Gasteiger partial charge in [0.25, 0.3) is 5.56 Å². The SMILES string of the molecule is CC.CCc1nc2[nH]c(Br)cn2c(=O)c1N1CCN(C(=O)OC(C)(C)C)CC1. The molecule has 9 heteroatoms. The lowest BCUT2D eigenvalue weighted by Crippen LogP contribution is -2.51. The normalized spacial score (nSPS) is 14.7. The Labute approximate surface area is 174 Å². The number of piperazine rings is 1. The lowest BCUT2D eigenvalue weighted by Gasteiger charge is -2.36. The van der Waals surface area contributed by atoms with E-state index in [9.17, 15) is 9.59 Å². The summed E-state index contributed by atoms with van der Waals surface area (Å²) >= 11 is 3.35. The number of imidazole rings is 1. The molecule has 1 N–H and O–H groups in total. The predicted molar refractivity (Wildman–Crippen MR) is 114 cm³/mol. The Hall–Kier alpha value is -2.03. The first-order chi connectivity index (χ1) is 13.2. The van der Waals surface area contributed by atoms with Crippen LogP contribution in [0.2, 0.25) is 0 Å². The second kappa shape index (κ2) is 8.98. The number of ether oxygens (including phenoxy) is 1. The van der Waals surface area contributed by atoms with E-state index in [2.05, 4.69) is 25.9 Å². The van der Waals surface area contributed by atoms with Crippen molar-refractivity contribution < 1.29 is 9.53 Å². The Kier molecular flexibility index (Phi) is 7.14. The van der Waals surface area contributed by atoms with E-state index in [4.69, 9.17) is 4.74 Å². The molecular formula is C19H30BrN5O3. The van der Waals surface area contributed by atoms with Gasteiger partial charge in [-0.25, -0.2) is 14.2 Å². The van der Waals surface area contributed by atoms with E-state index < -0.39 is 5.60 Å². The van der Waals surface area contributed by atoms with Crippen LogP contribution in [0, 0.1) is 0 Å². The van der Waals surface area contributed by atoms with Crippen LogP contribution in [0.4, 0.5) is 10.5 Å². The molecule has 8 nitrogen and oxygen atoms in total. The zero-order chi connectivity index (χ0) is 21.1. The van der Waals surface area contributed by atoms with Crippen molar-refractivity contribution in [2.45, 2.75) is 53.6 Å². The van der Waals surface area contributed by atoms with E-state index in [-0.39, 0.29) is 11.7 Å². The number of H-pyrrole nitrogens is 1. The summed E-state index contributed by atoms with van der Waals surface area (Å²) in [4.78, 5) is 36.5. The quantitative estimate of drug-likeness (QED) is 0.749. The van der Waals surface area contributed by atoms with E-state index in [0.717, 1.165) is 5.69 Å². The number of nitrogens with one attached hydrogen (secondary N) is 1. The van der Waals surface area contributed by atoms with E-state index in [1.165, 1.54) is 4.40 Å². The van der Waals surface area contributed by atoms with Gasteiger partial charge >= 0.3 is 6.09 Å². The molecule has 2 aromatic rings. The molecule has 3 heterocycles. The Morgan fingerprint density at radius 2 is 1.86 bits per heavy atom. The van der Waals surface area contributed by atoms with E-state index >= 15 is 0 Å². The number of carbonyl (C=O) groups is 1. The highest BCUT2D eigenvalue weighted by Crippen LogP contribution is 2.20. The topological polar surface area (TPSA) is 82.9 Å². The van der Waals surface area contributed by atoms with Crippen LogP contribution in [0.5, 0.6) is 0 Å². The van der Waals surface area contributed by atoms with Crippen molar-refractivity contribution in [1.29, 1.82) is 0 Å². The monoisotopic (exact) mass is 455 g/mol. The smallest absolute Gasteiger partial charge is 0.410 e. The first-order valence-electron chi connectivity index (χ1n) is 9.72. The lowest BCUT2D eigenvalue weighted by atomic mass is 10.2. The molecule has 28 heavy (non-hydrogen) atoms. The molecular weight excluding hydrogens is 426 g/mol. The molecule has 2 aromatic heterocycles. The van der Waals surface area contributed by atoms with Gasteiger partial charge in [-0.05, 0) is 43.1 Å². The maximum atomic E-state index is 13.0. The minimum Gasteiger partial charge on any atom is -0.444 e. The number of amides is 1. The average Bonchev–Trinajstić information content (AvgIpc) is 3.02. The van der Waals surface area contributed by atoms with E-state index in [1.54, 1.807) is 11.1 Å². The van der Waals surface area contributed by atoms with Gasteiger partial charge in [-0.15, -0.1) is 0 Å². The zero-order valence-corrected chi connectivity index (χ0v) is 19.1. The summed E-state index contributed by atoms with van der Waals surface area (Å²) in [5, 5.41) is 0. The molecule has 0 bridgehead atoms. The van der Waals surface area contributed by atoms with Gasteiger partial charge in [0.05, 0.1) is 5.69 Å². The molecule has 0 radical (unpaired) electrons. The molecule has 1 aliphatic rings. The van der Waals surface area contributed by atoms with E-state index in [0.29, 0.717) is 48.7 Å². The van der Waals surface area contributed by atoms with Gasteiger partial charge in [0.2, 0.25) is 5.78 Å². The number of hydrogen-bond acceptors (Lipinski definition) is 5. The Morgan fingerprint density at radius 1 is 1.25 bits per heavy atom. The van der Waals surface area contributed by atoms with Gasteiger partial charge in [-0.2, -0.15) is 0 Å². The number of carbonyl (C=O) groups excluding carboxylic acids is 1. The fraction of sp³-hybridized carbons (Fsp3) is 0.632. The summed E-state index contributed by atoms with van der Waals surface area (Å²) in [5.74, 6) is 0.523. The Morgan fingerprint density at radius 3 is 2.39 bits per heavy atom. The molecule has 1 aliphatic heterocycles. The van der Waals surface area contributed by atoms with Crippen molar-refractivity contribution in [2.75, 3.05) is 31.1 Å². The average molecular weight is 456 g/mol. The third-order valence-corrected chi connectivity index (χ3v) is 4.62. The molecule has 0 saturated carbocycles. The van der Waals surface area contributed by atoms with Crippen LogP contribution in [-0.4, -0.2) is 57.1 Å². The number of anilines is 1. The molecule has 0 aliphatic carbocycles. The third kappa shape index (κ3) is 4.87. The molecule has 0 spiro atoms. The Balaban J connectivity index is 0.00000136. The lowest BCUT2D eigenvalue weighted by molar-refractivity contribution is 0.0240. The van der Waals surface area contributed by atoms with Crippen molar-refractivity contribution in [2.24, 2.45) is 0 Å². The van der Waals surface area contributed by atoms with Crippen molar-refractivity contribution in [3.8, 4) is 0 Å². The number of halogens is 1. The summed E-state index contributed by atoms with van der Waals surface area (Å²) in [7, 11) is 0. The van der Waals surface area contributed by atoms with Crippen LogP contribution in [0.1, 0.15) is 47.2 Å². The minimum atomic E-state index is -0.515. The summed E-state index contributed by atoms with van der Waals surface area (Å²) in [6, 6.07) is 0. The molecule has 1 fully saturated rings. The molecule has 1 saturated heterocycles. The highest BCUT2D eigenvalue weighted by molar-refractivity contribution is 9.10. The fourth-order valence-electron chi connectivity index (χ4n) is 3.03. The third-order valence-electron chi connectivity index (χ3n) is 4.22. The first kappa shape index (κ1) is 22.3. The van der Waals surface area contributed by atoms with Crippen LogP contribution >= 0.6 is 15.9 Å². The molecule has 156 valence electrons. The number of rotatable bonds is 2. The summed E-state index contributed by atoms with van der Waals surface area (Å²) < 4.78 is 7.65. The number of nitrogens with zero attached hydrogens (tertiary/aromatic N) is 4. The number of aromatic nitrogens is 3. The highest BCUT2D eigenvalue weighted by atomic mass is 79.9.